The summed E-state index contributed by atoms with van der Waals surface area (Å²) in [5.41, 5.74) is 7.41. The quantitative estimate of drug-likeness (QED) is 0.232. The van der Waals surface area contributed by atoms with Gasteiger partial charge in [0.15, 0.2) is 0 Å². The summed E-state index contributed by atoms with van der Waals surface area (Å²) >= 11 is 0. The van der Waals surface area contributed by atoms with Crippen LogP contribution in [0.2, 0.25) is 0 Å². The number of rotatable bonds is 19. The van der Waals surface area contributed by atoms with Gasteiger partial charge in [-0.25, -0.2) is 0 Å². The molecule has 1 amide bonds. The lowest BCUT2D eigenvalue weighted by molar-refractivity contribution is 0.0999. The first-order chi connectivity index (χ1) is 14.2. The molecule has 1 aromatic carbocycles. The Hall–Kier alpha value is -1.31. The van der Waals surface area contributed by atoms with Crippen molar-refractivity contribution in [3.8, 4) is 0 Å². The highest BCUT2D eigenvalue weighted by molar-refractivity contribution is 5.94. The number of hydrogen-bond donors (Lipinski definition) is 1. The standard InChI is InChI=1S/C27H47NO/c1-3-5-6-7-8-9-10-11-12-13-14-15-16-17-18-21-24(4-2)25-22-19-20-23-26(25)27(28)29/h19-20,22-24H,3-18,21H2,1-2H3,(H2,28,29). The third-order valence-corrected chi connectivity index (χ3v) is 6.32. The first kappa shape index (κ1) is 25.7. The fourth-order valence-corrected chi connectivity index (χ4v) is 4.42. The number of nitrogens with two attached hydrogens (primary N) is 1. The summed E-state index contributed by atoms with van der Waals surface area (Å²) in [5, 5.41) is 0. The van der Waals surface area contributed by atoms with E-state index in [1.54, 1.807) is 0 Å². The maximum absolute atomic E-state index is 11.7. The van der Waals surface area contributed by atoms with Gasteiger partial charge in [-0.05, 0) is 30.4 Å². The van der Waals surface area contributed by atoms with Crippen LogP contribution in [0.3, 0.4) is 0 Å². The van der Waals surface area contributed by atoms with Crippen LogP contribution in [0.1, 0.15) is 145 Å². The number of carbonyl (C=O) groups is 1. The van der Waals surface area contributed by atoms with E-state index in [9.17, 15) is 4.79 Å². The zero-order valence-corrected chi connectivity index (χ0v) is 19.4. The Morgan fingerprint density at radius 1 is 0.724 bits per heavy atom. The third kappa shape index (κ3) is 12.1. The summed E-state index contributed by atoms with van der Waals surface area (Å²) in [5.74, 6) is 0.163. The van der Waals surface area contributed by atoms with Crippen LogP contribution in [0.4, 0.5) is 0 Å². The molecule has 2 nitrogen and oxygen atoms in total. The number of primary amides is 1. The normalized spacial score (nSPS) is 12.2. The summed E-state index contributed by atoms with van der Waals surface area (Å²) in [6.45, 7) is 4.50. The highest BCUT2D eigenvalue weighted by atomic mass is 16.1. The molecule has 2 N–H and O–H groups in total. The van der Waals surface area contributed by atoms with Gasteiger partial charge in [-0.3, -0.25) is 4.79 Å². The summed E-state index contributed by atoms with van der Waals surface area (Å²) in [6, 6.07) is 7.88. The summed E-state index contributed by atoms with van der Waals surface area (Å²) in [6.07, 6.45) is 23.2. The second-order valence-electron chi connectivity index (χ2n) is 8.80. The van der Waals surface area contributed by atoms with Gasteiger partial charge in [-0.1, -0.05) is 128 Å². The van der Waals surface area contributed by atoms with E-state index in [1.165, 1.54) is 103 Å². The summed E-state index contributed by atoms with van der Waals surface area (Å²) < 4.78 is 0. The van der Waals surface area contributed by atoms with Gasteiger partial charge in [0.25, 0.3) is 0 Å². The zero-order chi connectivity index (χ0) is 21.2. The molecule has 0 aliphatic heterocycles. The van der Waals surface area contributed by atoms with Gasteiger partial charge in [0.05, 0.1) is 0 Å². The molecule has 0 spiro atoms. The van der Waals surface area contributed by atoms with E-state index in [1.807, 2.05) is 18.2 Å². The van der Waals surface area contributed by atoms with E-state index in [2.05, 4.69) is 19.9 Å². The molecule has 0 saturated heterocycles. The SMILES string of the molecule is CCCCCCCCCCCCCCCCCC(CC)c1ccccc1C(N)=O. The van der Waals surface area contributed by atoms with Crippen LogP contribution < -0.4 is 5.73 Å². The largest absolute Gasteiger partial charge is 0.366 e. The van der Waals surface area contributed by atoms with E-state index in [0.29, 0.717) is 11.5 Å². The van der Waals surface area contributed by atoms with Crippen molar-refractivity contribution in [1.29, 1.82) is 0 Å². The molecule has 0 bridgehead atoms. The van der Waals surface area contributed by atoms with Crippen LogP contribution in [-0.2, 0) is 0 Å². The molecule has 0 saturated carbocycles. The van der Waals surface area contributed by atoms with Crippen molar-refractivity contribution in [2.75, 3.05) is 0 Å². The predicted molar refractivity (Wildman–Crippen MR) is 128 cm³/mol. The maximum Gasteiger partial charge on any atom is 0.248 e. The lowest BCUT2D eigenvalue weighted by atomic mass is 9.87. The Bertz CT molecular complexity index is 525. The van der Waals surface area contributed by atoms with Gasteiger partial charge in [-0.2, -0.15) is 0 Å². The molecule has 0 aromatic heterocycles. The van der Waals surface area contributed by atoms with E-state index in [4.69, 9.17) is 5.73 Å². The van der Waals surface area contributed by atoms with Gasteiger partial charge in [0, 0.05) is 5.56 Å². The highest BCUT2D eigenvalue weighted by Gasteiger charge is 2.15. The maximum atomic E-state index is 11.7. The molecule has 2 heteroatoms. The monoisotopic (exact) mass is 401 g/mol. The van der Waals surface area contributed by atoms with Gasteiger partial charge >= 0.3 is 0 Å². The number of amides is 1. The molecule has 0 radical (unpaired) electrons. The van der Waals surface area contributed by atoms with Crippen molar-refractivity contribution in [3.05, 3.63) is 35.4 Å². The molecule has 1 atom stereocenters. The second kappa shape index (κ2) is 17.5. The number of carbonyl (C=O) groups excluding carboxylic acids is 1. The Morgan fingerprint density at radius 3 is 1.62 bits per heavy atom. The number of benzene rings is 1. The molecular formula is C27H47NO. The van der Waals surface area contributed by atoms with Crippen molar-refractivity contribution in [1.82, 2.24) is 0 Å². The number of unbranched alkanes of at least 4 members (excludes halogenated alkanes) is 14. The topological polar surface area (TPSA) is 43.1 Å². The minimum atomic E-state index is -0.296. The Morgan fingerprint density at radius 2 is 1.17 bits per heavy atom. The molecule has 0 heterocycles. The van der Waals surface area contributed by atoms with Crippen molar-refractivity contribution in [2.45, 2.75) is 129 Å². The third-order valence-electron chi connectivity index (χ3n) is 6.32. The lowest BCUT2D eigenvalue weighted by Gasteiger charge is -2.18. The van der Waals surface area contributed by atoms with Crippen molar-refractivity contribution < 1.29 is 4.79 Å². The van der Waals surface area contributed by atoms with E-state index in [-0.39, 0.29) is 5.91 Å². The minimum absolute atomic E-state index is 0.296. The van der Waals surface area contributed by atoms with Crippen LogP contribution in [-0.4, -0.2) is 5.91 Å². The lowest BCUT2D eigenvalue weighted by Crippen LogP contribution is -2.15. The van der Waals surface area contributed by atoms with Crippen LogP contribution >= 0.6 is 0 Å². The predicted octanol–water partition coefficient (Wildman–Crippen LogP) is 8.54. The van der Waals surface area contributed by atoms with Gasteiger partial charge < -0.3 is 5.73 Å². The van der Waals surface area contributed by atoms with Gasteiger partial charge in [0.1, 0.15) is 0 Å². The molecular weight excluding hydrogens is 354 g/mol. The molecule has 0 aliphatic rings. The fraction of sp³-hybridized carbons (Fsp3) is 0.741. The average molecular weight is 402 g/mol. The Balaban J connectivity index is 2.01. The van der Waals surface area contributed by atoms with Crippen LogP contribution in [0, 0.1) is 0 Å². The van der Waals surface area contributed by atoms with Crippen molar-refractivity contribution >= 4 is 5.91 Å². The first-order valence-electron chi connectivity index (χ1n) is 12.6. The fourth-order valence-electron chi connectivity index (χ4n) is 4.42. The van der Waals surface area contributed by atoms with Crippen molar-refractivity contribution in [2.24, 2.45) is 5.73 Å². The molecule has 1 rings (SSSR count). The second-order valence-corrected chi connectivity index (χ2v) is 8.80. The van der Waals surface area contributed by atoms with E-state index >= 15 is 0 Å². The smallest absolute Gasteiger partial charge is 0.248 e. The Labute approximate surface area is 181 Å². The number of hydrogen-bond acceptors (Lipinski definition) is 1. The molecule has 0 aliphatic carbocycles. The highest BCUT2D eigenvalue weighted by Crippen LogP contribution is 2.28. The molecule has 166 valence electrons. The van der Waals surface area contributed by atoms with Gasteiger partial charge in [0.2, 0.25) is 5.91 Å². The van der Waals surface area contributed by atoms with E-state index < -0.39 is 0 Å². The summed E-state index contributed by atoms with van der Waals surface area (Å²) in [7, 11) is 0. The average Bonchev–Trinajstić information content (AvgIpc) is 2.73. The summed E-state index contributed by atoms with van der Waals surface area (Å²) in [4.78, 5) is 11.7. The van der Waals surface area contributed by atoms with Crippen LogP contribution in [0.15, 0.2) is 24.3 Å². The van der Waals surface area contributed by atoms with E-state index in [0.717, 1.165) is 12.0 Å². The molecule has 0 fully saturated rings. The van der Waals surface area contributed by atoms with Crippen LogP contribution in [0.25, 0.3) is 0 Å². The molecule has 1 unspecified atom stereocenters. The van der Waals surface area contributed by atoms with Gasteiger partial charge in [-0.15, -0.1) is 0 Å². The Kier molecular flexibility index (Phi) is 15.6. The molecule has 29 heavy (non-hydrogen) atoms. The zero-order valence-electron chi connectivity index (χ0n) is 19.4. The first-order valence-corrected chi connectivity index (χ1v) is 12.6. The molecule has 1 aromatic rings. The van der Waals surface area contributed by atoms with Crippen molar-refractivity contribution in [3.63, 3.8) is 0 Å². The minimum Gasteiger partial charge on any atom is -0.366 e. The van der Waals surface area contributed by atoms with Crippen LogP contribution in [0.5, 0.6) is 0 Å².